The van der Waals surface area contributed by atoms with E-state index >= 15 is 0 Å². The molecule has 2 aliphatic heterocycles. The molecule has 0 aliphatic carbocycles. The van der Waals surface area contributed by atoms with Crippen molar-refractivity contribution in [3.63, 3.8) is 0 Å². The second kappa shape index (κ2) is 8.01. The molecule has 20 heavy (non-hydrogen) atoms. The molecule has 110 valence electrons. The second-order valence-corrected chi connectivity index (χ2v) is 9.02. The standard InChI is InChI=1S/C14H20N2S4/c1-2-4-14(16-11-19-7-8-20-12-16)13(3-1)15-9-17-5-6-18-10-15/h1-4H,5-12H2. The average Bonchev–Trinajstić information content (AvgIpc) is 2.92. The molecule has 1 aromatic rings. The minimum Gasteiger partial charge on any atom is -0.351 e. The molecular weight excluding hydrogens is 324 g/mol. The maximum absolute atomic E-state index is 2.54. The highest BCUT2D eigenvalue weighted by Gasteiger charge is 2.18. The average molecular weight is 345 g/mol. The topological polar surface area (TPSA) is 6.48 Å². The van der Waals surface area contributed by atoms with Gasteiger partial charge < -0.3 is 9.80 Å². The van der Waals surface area contributed by atoms with E-state index in [9.17, 15) is 0 Å². The Morgan fingerprint density at radius 2 is 0.950 bits per heavy atom. The quantitative estimate of drug-likeness (QED) is 0.791. The van der Waals surface area contributed by atoms with Crippen LogP contribution in [-0.4, -0.2) is 46.5 Å². The van der Waals surface area contributed by atoms with Crippen LogP contribution >= 0.6 is 47.0 Å². The van der Waals surface area contributed by atoms with Crippen LogP contribution in [-0.2, 0) is 0 Å². The SMILES string of the molecule is c1ccc(N2CSCCSC2)c(N2CSCCSC2)c1. The first kappa shape index (κ1) is 15.1. The van der Waals surface area contributed by atoms with Gasteiger partial charge in [-0.2, -0.15) is 0 Å². The van der Waals surface area contributed by atoms with E-state index in [1.54, 1.807) is 0 Å². The predicted molar refractivity (Wildman–Crippen MR) is 101 cm³/mol. The normalized spacial score (nSPS) is 21.4. The maximum Gasteiger partial charge on any atom is 0.0649 e. The first-order valence-corrected chi connectivity index (χ1v) is 11.5. The lowest BCUT2D eigenvalue weighted by Crippen LogP contribution is -2.27. The van der Waals surface area contributed by atoms with E-state index in [0.29, 0.717) is 0 Å². The molecule has 0 aromatic heterocycles. The van der Waals surface area contributed by atoms with Crippen LogP contribution in [0.15, 0.2) is 24.3 Å². The summed E-state index contributed by atoms with van der Waals surface area (Å²) in [5.74, 6) is 9.60. The van der Waals surface area contributed by atoms with Crippen LogP contribution in [0.2, 0.25) is 0 Å². The van der Waals surface area contributed by atoms with Gasteiger partial charge in [0.1, 0.15) is 0 Å². The number of anilines is 2. The van der Waals surface area contributed by atoms with E-state index in [0.717, 1.165) is 23.5 Å². The van der Waals surface area contributed by atoms with Crippen LogP contribution in [0.3, 0.4) is 0 Å². The zero-order valence-corrected chi connectivity index (χ0v) is 14.8. The summed E-state index contributed by atoms with van der Waals surface area (Å²) in [6.07, 6.45) is 0. The maximum atomic E-state index is 2.54. The van der Waals surface area contributed by atoms with Crippen molar-refractivity contribution >= 4 is 58.4 Å². The van der Waals surface area contributed by atoms with Gasteiger partial charge >= 0.3 is 0 Å². The zero-order chi connectivity index (χ0) is 13.6. The fraction of sp³-hybridized carbons (Fsp3) is 0.571. The Bertz CT molecular complexity index is 374. The molecule has 0 unspecified atom stereocenters. The van der Waals surface area contributed by atoms with E-state index in [1.165, 1.54) is 34.4 Å². The Balaban J connectivity index is 1.82. The van der Waals surface area contributed by atoms with Gasteiger partial charge in [-0.25, -0.2) is 0 Å². The van der Waals surface area contributed by atoms with Gasteiger partial charge in [0, 0.05) is 23.0 Å². The summed E-state index contributed by atoms with van der Waals surface area (Å²) >= 11 is 8.22. The molecular formula is C14H20N2S4. The fourth-order valence-corrected chi connectivity index (χ4v) is 6.72. The van der Waals surface area contributed by atoms with Gasteiger partial charge in [0.15, 0.2) is 0 Å². The Labute approximate surface area is 138 Å². The summed E-state index contributed by atoms with van der Waals surface area (Å²) in [6, 6.07) is 8.94. The van der Waals surface area contributed by atoms with Crippen LogP contribution in [0.5, 0.6) is 0 Å². The largest absolute Gasteiger partial charge is 0.351 e. The summed E-state index contributed by atoms with van der Waals surface area (Å²) < 4.78 is 0. The number of para-hydroxylation sites is 2. The molecule has 1 aromatic carbocycles. The van der Waals surface area contributed by atoms with Crippen LogP contribution in [0, 0.1) is 0 Å². The van der Waals surface area contributed by atoms with Crippen molar-refractivity contribution in [3.8, 4) is 0 Å². The number of hydrogen-bond donors (Lipinski definition) is 0. The Hall–Kier alpha value is 0.220. The highest BCUT2D eigenvalue weighted by Crippen LogP contribution is 2.35. The summed E-state index contributed by atoms with van der Waals surface area (Å²) in [4.78, 5) is 5.08. The van der Waals surface area contributed by atoms with Crippen molar-refractivity contribution < 1.29 is 0 Å². The fourth-order valence-electron chi connectivity index (χ4n) is 2.29. The molecule has 2 aliphatic rings. The molecule has 3 rings (SSSR count). The van der Waals surface area contributed by atoms with Gasteiger partial charge in [-0.3, -0.25) is 0 Å². The third kappa shape index (κ3) is 3.90. The van der Waals surface area contributed by atoms with Gasteiger partial charge in [0.05, 0.1) is 34.9 Å². The van der Waals surface area contributed by atoms with E-state index in [1.807, 2.05) is 0 Å². The second-order valence-electron chi connectivity index (χ2n) is 4.72. The van der Waals surface area contributed by atoms with E-state index < -0.39 is 0 Å². The molecule has 6 heteroatoms. The Morgan fingerprint density at radius 1 is 0.600 bits per heavy atom. The van der Waals surface area contributed by atoms with E-state index in [2.05, 4.69) is 81.1 Å². The van der Waals surface area contributed by atoms with Gasteiger partial charge in [0.25, 0.3) is 0 Å². The monoisotopic (exact) mass is 344 g/mol. The third-order valence-electron chi connectivity index (χ3n) is 3.30. The molecule has 2 heterocycles. The lowest BCUT2D eigenvalue weighted by Gasteiger charge is -2.30. The van der Waals surface area contributed by atoms with E-state index in [-0.39, 0.29) is 0 Å². The molecule has 0 radical (unpaired) electrons. The summed E-state index contributed by atoms with van der Waals surface area (Å²) in [6.45, 7) is 0. The minimum atomic E-state index is 1.12. The molecule has 0 atom stereocenters. The zero-order valence-electron chi connectivity index (χ0n) is 11.5. The van der Waals surface area contributed by atoms with Gasteiger partial charge in [-0.05, 0) is 12.1 Å². The Morgan fingerprint density at radius 3 is 1.30 bits per heavy atom. The number of thioether (sulfide) groups is 4. The van der Waals surface area contributed by atoms with Crippen molar-refractivity contribution in [2.45, 2.75) is 0 Å². The lowest BCUT2D eigenvalue weighted by atomic mass is 10.2. The van der Waals surface area contributed by atoms with Gasteiger partial charge in [-0.1, -0.05) is 12.1 Å². The molecule has 0 bridgehead atoms. The number of nitrogens with zero attached hydrogens (tertiary/aromatic N) is 2. The number of benzene rings is 1. The van der Waals surface area contributed by atoms with Crippen molar-refractivity contribution in [2.24, 2.45) is 0 Å². The van der Waals surface area contributed by atoms with Crippen molar-refractivity contribution in [2.75, 3.05) is 56.3 Å². The van der Waals surface area contributed by atoms with E-state index in [4.69, 9.17) is 0 Å². The minimum absolute atomic E-state index is 1.12. The first-order valence-electron chi connectivity index (χ1n) is 6.85. The highest BCUT2D eigenvalue weighted by atomic mass is 32.2. The van der Waals surface area contributed by atoms with Crippen molar-refractivity contribution in [1.82, 2.24) is 0 Å². The molecule has 2 nitrogen and oxygen atoms in total. The van der Waals surface area contributed by atoms with Crippen molar-refractivity contribution in [1.29, 1.82) is 0 Å². The summed E-state index contributed by atoms with van der Waals surface area (Å²) in [7, 11) is 0. The molecule has 0 spiro atoms. The van der Waals surface area contributed by atoms with Gasteiger partial charge in [0.2, 0.25) is 0 Å². The lowest BCUT2D eigenvalue weighted by molar-refractivity contribution is 1.02. The number of hydrogen-bond acceptors (Lipinski definition) is 6. The smallest absolute Gasteiger partial charge is 0.0649 e. The van der Waals surface area contributed by atoms with Crippen LogP contribution in [0.25, 0.3) is 0 Å². The molecule has 2 fully saturated rings. The van der Waals surface area contributed by atoms with Crippen LogP contribution < -0.4 is 9.80 Å². The van der Waals surface area contributed by atoms with Gasteiger partial charge in [-0.15, -0.1) is 47.0 Å². The molecule has 0 saturated carbocycles. The summed E-state index contributed by atoms with van der Waals surface area (Å²) in [5, 5.41) is 0. The van der Waals surface area contributed by atoms with Crippen molar-refractivity contribution in [3.05, 3.63) is 24.3 Å². The first-order chi connectivity index (χ1) is 9.95. The predicted octanol–water partition coefficient (Wildman–Crippen LogP) is 4.09. The molecule has 0 N–H and O–H groups in total. The Kier molecular flexibility index (Phi) is 6.06. The van der Waals surface area contributed by atoms with Crippen LogP contribution in [0.1, 0.15) is 0 Å². The summed E-state index contributed by atoms with van der Waals surface area (Å²) in [5.41, 5.74) is 2.83. The molecule has 2 saturated heterocycles. The van der Waals surface area contributed by atoms with Crippen LogP contribution in [0.4, 0.5) is 11.4 Å². The third-order valence-corrected chi connectivity index (χ3v) is 7.76. The highest BCUT2D eigenvalue weighted by molar-refractivity contribution is 8.04. The molecule has 0 amide bonds. The number of rotatable bonds is 2.